The maximum atomic E-state index is 11.0. The van der Waals surface area contributed by atoms with Crippen LogP contribution in [0.3, 0.4) is 0 Å². The molecule has 0 atom stereocenters. The van der Waals surface area contributed by atoms with E-state index in [1.165, 1.54) is 23.5 Å². The van der Waals surface area contributed by atoms with Crippen LogP contribution in [0.5, 0.6) is 0 Å². The lowest BCUT2D eigenvalue weighted by atomic mass is 10.0. The molecule has 3 aromatic rings. The molecule has 2 heterocycles. The molecule has 0 spiro atoms. The molecular formula is C16H9BrN4O2S. The number of nitrogens with two attached hydrogens (primary N) is 1. The number of pyridine rings is 1. The zero-order valence-corrected chi connectivity index (χ0v) is 14.5. The summed E-state index contributed by atoms with van der Waals surface area (Å²) in [6, 6.07) is 13.7. The van der Waals surface area contributed by atoms with Gasteiger partial charge < -0.3 is 5.73 Å². The van der Waals surface area contributed by atoms with Gasteiger partial charge in [0.25, 0.3) is 5.69 Å². The molecule has 0 saturated heterocycles. The fourth-order valence-electron chi connectivity index (χ4n) is 2.26. The lowest BCUT2D eigenvalue weighted by molar-refractivity contribution is -0.384. The minimum Gasteiger partial charge on any atom is -0.383 e. The predicted molar refractivity (Wildman–Crippen MR) is 96.5 cm³/mol. The molecule has 24 heavy (non-hydrogen) atoms. The van der Waals surface area contributed by atoms with Crippen molar-refractivity contribution >= 4 is 38.8 Å². The number of halogens is 1. The first-order valence-electron chi connectivity index (χ1n) is 6.70. The van der Waals surface area contributed by atoms with Gasteiger partial charge in [-0.15, -0.1) is 11.3 Å². The second-order valence-corrected chi connectivity index (χ2v) is 7.30. The number of anilines is 1. The summed E-state index contributed by atoms with van der Waals surface area (Å²) in [5.41, 5.74) is 7.90. The van der Waals surface area contributed by atoms with E-state index in [-0.39, 0.29) is 11.5 Å². The summed E-state index contributed by atoms with van der Waals surface area (Å²) in [4.78, 5) is 15.6. The highest BCUT2D eigenvalue weighted by molar-refractivity contribution is 9.11. The number of nitro benzene ring substituents is 1. The van der Waals surface area contributed by atoms with Gasteiger partial charge in [0.2, 0.25) is 0 Å². The highest BCUT2D eigenvalue weighted by atomic mass is 79.9. The molecule has 6 nitrogen and oxygen atoms in total. The summed E-state index contributed by atoms with van der Waals surface area (Å²) < 4.78 is 0.925. The average Bonchev–Trinajstić information content (AvgIpc) is 3.00. The summed E-state index contributed by atoms with van der Waals surface area (Å²) in [5, 5.41) is 20.3. The summed E-state index contributed by atoms with van der Waals surface area (Å²) in [7, 11) is 0. The lowest BCUT2D eigenvalue weighted by Crippen LogP contribution is -1.99. The average molecular weight is 401 g/mol. The van der Waals surface area contributed by atoms with E-state index in [4.69, 9.17) is 5.73 Å². The number of hydrogen-bond acceptors (Lipinski definition) is 6. The van der Waals surface area contributed by atoms with Crippen molar-refractivity contribution in [1.82, 2.24) is 4.98 Å². The molecule has 3 rings (SSSR count). The van der Waals surface area contributed by atoms with E-state index >= 15 is 0 Å². The molecule has 0 aliphatic heterocycles. The number of aromatic nitrogens is 1. The number of benzene rings is 1. The molecule has 1 aromatic carbocycles. The van der Waals surface area contributed by atoms with Crippen molar-refractivity contribution in [3.8, 4) is 27.8 Å². The van der Waals surface area contributed by atoms with Gasteiger partial charge in [0.05, 0.1) is 14.4 Å². The Kier molecular flexibility index (Phi) is 4.29. The van der Waals surface area contributed by atoms with E-state index in [9.17, 15) is 15.4 Å². The SMILES string of the molecule is N#Cc1c(-c2ccc(Br)s2)cc(-c2cccc([N+](=O)[O-])c2)nc1N. The third-order valence-corrected chi connectivity index (χ3v) is 5.01. The molecule has 0 radical (unpaired) electrons. The number of hydrogen-bond donors (Lipinski definition) is 1. The van der Waals surface area contributed by atoms with E-state index in [0.717, 1.165) is 8.66 Å². The van der Waals surface area contributed by atoms with Crippen LogP contribution in [0.2, 0.25) is 0 Å². The molecule has 0 fully saturated rings. The van der Waals surface area contributed by atoms with Crippen LogP contribution in [0.1, 0.15) is 5.56 Å². The van der Waals surface area contributed by atoms with Crippen molar-refractivity contribution in [3.63, 3.8) is 0 Å². The Labute approximate surface area is 149 Å². The predicted octanol–water partition coefficient (Wildman–Crippen LogP) is 4.60. The van der Waals surface area contributed by atoms with E-state index in [1.807, 2.05) is 12.1 Å². The Balaban J connectivity index is 2.21. The Morgan fingerprint density at radius 2 is 2.08 bits per heavy atom. The second-order valence-electron chi connectivity index (χ2n) is 4.84. The first-order valence-corrected chi connectivity index (χ1v) is 8.31. The van der Waals surface area contributed by atoms with Gasteiger partial charge in [-0.2, -0.15) is 5.26 Å². The number of nitriles is 1. The topological polar surface area (TPSA) is 106 Å². The fourth-order valence-corrected chi connectivity index (χ4v) is 3.67. The Hall–Kier alpha value is -2.76. The Morgan fingerprint density at radius 3 is 2.71 bits per heavy atom. The highest BCUT2D eigenvalue weighted by Crippen LogP contribution is 2.37. The van der Waals surface area contributed by atoms with Crippen molar-refractivity contribution in [2.75, 3.05) is 5.73 Å². The van der Waals surface area contributed by atoms with E-state index in [1.54, 1.807) is 18.2 Å². The quantitative estimate of drug-likeness (QED) is 0.510. The molecule has 0 aliphatic carbocycles. The van der Waals surface area contributed by atoms with Crippen LogP contribution in [0, 0.1) is 21.4 Å². The molecular weight excluding hydrogens is 392 g/mol. The van der Waals surface area contributed by atoms with Gasteiger partial charge >= 0.3 is 0 Å². The Morgan fingerprint density at radius 1 is 1.29 bits per heavy atom. The van der Waals surface area contributed by atoms with Gasteiger partial charge in [0.15, 0.2) is 0 Å². The van der Waals surface area contributed by atoms with Gasteiger partial charge in [0.1, 0.15) is 17.5 Å². The van der Waals surface area contributed by atoms with Crippen LogP contribution in [-0.4, -0.2) is 9.91 Å². The molecule has 0 aliphatic rings. The van der Waals surface area contributed by atoms with Crippen LogP contribution < -0.4 is 5.73 Å². The summed E-state index contributed by atoms with van der Waals surface area (Å²) in [6.07, 6.45) is 0. The monoisotopic (exact) mass is 400 g/mol. The van der Waals surface area contributed by atoms with E-state index in [2.05, 4.69) is 27.0 Å². The van der Waals surface area contributed by atoms with Gasteiger partial charge in [-0.05, 0) is 34.1 Å². The molecule has 0 bridgehead atoms. The highest BCUT2D eigenvalue weighted by Gasteiger charge is 2.16. The maximum Gasteiger partial charge on any atom is 0.270 e. The summed E-state index contributed by atoms with van der Waals surface area (Å²) >= 11 is 4.86. The molecule has 8 heteroatoms. The van der Waals surface area contributed by atoms with Gasteiger partial charge in [0, 0.05) is 28.1 Å². The fraction of sp³-hybridized carbons (Fsp3) is 0. The number of nitrogens with zero attached hydrogens (tertiary/aromatic N) is 3. The molecule has 2 N–H and O–H groups in total. The molecule has 0 amide bonds. The normalized spacial score (nSPS) is 10.3. The number of nitro groups is 1. The minimum absolute atomic E-state index is 0.0300. The third kappa shape index (κ3) is 2.99. The smallest absolute Gasteiger partial charge is 0.270 e. The van der Waals surface area contributed by atoms with Gasteiger partial charge in [-0.25, -0.2) is 4.98 Å². The standard InChI is InChI=1S/C16H9BrN4O2S/c17-15-5-4-14(24-15)11-7-13(20-16(19)12(11)8-18)9-2-1-3-10(6-9)21(22)23/h1-7H,(H2,19,20). The lowest BCUT2D eigenvalue weighted by Gasteiger charge is -2.08. The van der Waals surface area contributed by atoms with E-state index in [0.29, 0.717) is 22.4 Å². The summed E-state index contributed by atoms with van der Waals surface area (Å²) in [5.74, 6) is 0.0982. The van der Waals surface area contributed by atoms with E-state index < -0.39 is 4.92 Å². The van der Waals surface area contributed by atoms with Crippen molar-refractivity contribution in [2.24, 2.45) is 0 Å². The Bertz CT molecular complexity index is 994. The van der Waals surface area contributed by atoms with Crippen LogP contribution in [-0.2, 0) is 0 Å². The number of non-ortho nitro benzene ring substituents is 1. The summed E-state index contributed by atoms with van der Waals surface area (Å²) in [6.45, 7) is 0. The van der Waals surface area contributed by atoms with Crippen LogP contribution >= 0.6 is 27.3 Å². The molecule has 0 saturated carbocycles. The molecule has 2 aromatic heterocycles. The number of thiophene rings is 1. The van der Waals surface area contributed by atoms with Crippen molar-refractivity contribution < 1.29 is 4.92 Å². The van der Waals surface area contributed by atoms with Gasteiger partial charge in [-0.1, -0.05) is 12.1 Å². The first kappa shape index (κ1) is 16.1. The van der Waals surface area contributed by atoms with Crippen molar-refractivity contribution in [3.05, 3.63) is 61.9 Å². The van der Waals surface area contributed by atoms with Crippen LogP contribution in [0.25, 0.3) is 21.7 Å². The number of nitrogen functional groups attached to an aromatic ring is 1. The second kappa shape index (κ2) is 6.39. The van der Waals surface area contributed by atoms with Crippen molar-refractivity contribution in [2.45, 2.75) is 0 Å². The third-order valence-electron chi connectivity index (χ3n) is 3.35. The van der Waals surface area contributed by atoms with Crippen LogP contribution in [0.15, 0.2) is 46.3 Å². The first-order chi connectivity index (χ1) is 11.5. The molecule has 0 unspecified atom stereocenters. The van der Waals surface area contributed by atoms with Crippen LogP contribution in [0.4, 0.5) is 11.5 Å². The van der Waals surface area contributed by atoms with Crippen molar-refractivity contribution in [1.29, 1.82) is 5.26 Å². The maximum absolute atomic E-state index is 11.0. The number of rotatable bonds is 3. The minimum atomic E-state index is -0.464. The zero-order valence-electron chi connectivity index (χ0n) is 12.1. The van der Waals surface area contributed by atoms with Gasteiger partial charge in [-0.3, -0.25) is 10.1 Å². The zero-order chi connectivity index (χ0) is 17.3. The largest absolute Gasteiger partial charge is 0.383 e. The molecule has 118 valence electrons.